The second kappa shape index (κ2) is 9.11. The number of rotatable bonds is 7. The van der Waals surface area contributed by atoms with E-state index >= 15 is 0 Å². The Labute approximate surface area is 153 Å². The summed E-state index contributed by atoms with van der Waals surface area (Å²) in [5.41, 5.74) is 1.40. The Bertz CT molecular complexity index is 717. The van der Waals surface area contributed by atoms with Crippen LogP contribution in [0.25, 0.3) is 0 Å². The minimum absolute atomic E-state index is 0.186. The molecule has 2 aromatic rings. The van der Waals surface area contributed by atoms with E-state index in [0.717, 1.165) is 3.57 Å². The lowest BCUT2D eigenvalue weighted by Crippen LogP contribution is -2.16. The predicted octanol–water partition coefficient (Wildman–Crippen LogP) is 3.30. The first-order chi connectivity index (χ1) is 11.6. The molecular weight excluding hydrogens is 423 g/mol. The lowest BCUT2D eigenvalue weighted by Gasteiger charge is -2.07. The fourth-order valence-electron chi connectivity index (χ4n) is 1.86. The van der Waals surface area contributed by atoms with Crippen LogP contribution in [0.15, 0.2) is 47.6 Å². The van der Waals surface area contributed by atoms with E-state index in [2.05, 4.69) is 33.1 Å². The third kappa shape index (κ3) is 5.41. The number of oxime groups is 1. The summed E-state index contributed by atoms with van der Waals surface area (Å²) in [5.74, 6) is 1.02. The molecule has 7 heteroatoms. The molecule has 126 valence electrons. The number of anilines is 1. The Morgan fingerprint density at radius 2 is 1.92 bits per heavy atom. The zero-order chi connectivity index (χ0) is 17.4. The number of nitrogens with zero attached hydrogens (tertiary/aromatic N) is 1. The zero-order valence-corrected chi connectivity index (χ0v) is 15.4. The number of hydrogen-bond acceptors (Lipinski definition) is 5. The molecule has 2 aromatic carbocycles. The van der Waals surface area contributed by atoms with Gasteiger partial charge in [-0.05, 0) is 65.1 Å². The van der Waals surface area contributed by atoms with Gasteiger partial charge in [0.2, 0.25) is 0 Å². The molecule has 0 aliphatic carbocycles. The van der Waals surface area contributed by atoms with E-state index in [0.29, 0.717) is 22.7 Å². The average molecular weight is 440 g/mol. The molecule has 0 unspecified atom stereocenters. The largest absolute Gasteiger partial charge is 0.497 e. The highest BCUT2D eigenvalue weighted by molar-refractivity contribution is 14.1. The standard InChI is InChI=1S/C17H17IN2O4/c1-22-15-7-8-16(23-2)12(9-15)10-19-24-11-17(21)20-14-5-3-13(18)4-6-14/h3-10H,11H2,1-2H3,(H,20,21)/b19-10+. The number of amides is 1. The molecule has 0 aliphatic heterocycles. The molecule has 0 aliphatic rings. The number of methoxy groups -OCH3 is 2. The van der Waals surface area contributed by atoms with Gasteiger partial charge < -0.3 is 19.6 Å². The molecule has 0 heterocycles. The van der Waals surface area contributed by atoms with Gasteiger partial charge in [-0.25, -0.2) is 0 Å². The summed E-state index contributed by atoms with van der Waals surface area (Å²) in [7, 11) is 3.14. The van der Waals surface area contributed by atoms with E-state index in [1.807, 2.05) is 24.3 Å². The van der Waals surface area contributed by atoms with Crippen LogP contribution < -0.4 is 14.8 Å². The number of halogens is 1. The maximum absolute atomic E-state index is 11.8. The van der Waals surface area contributed by atoms with Gasteiger partial charge in [-0.3, -0.25) is 4.79 Å². The van der Waals surface area contributed by atoms with Gasteiger partial charge in [-0.2, -0.15) is 0 Å². The molecule has 1 amide bonds. The van der Waals surface area contributed by atoms with Gasteiger partial charge in [-0.1, -0.05) is 5.16 Å². The topological polar surface area (TPSA) is 69.1 Å². The van der Waals surface area contributed by atoms with Crippen molar-refractivity contribution in [1.82, 2.24) is 0 Å². The maximum Gasteiger partial charge on any atom is 0.265 e. The van der Waals surface area contributed by atoms with Gasteiger partial charge in [0.15, 0.2) is 6.61 Å². The van der Waals surface area contributed by atoms with E-state index in [4.69, 9.17) is 14.3 Å². The first-order valence-electron chi connectivity index (χ1n) is 7.05. The molecule has 1 N–H and O–H groups in total. The summed E-state index contributed by atoms with van der Waals surface area (Å²) in [6.07, 6.45) is 1.47. The van der Waals surface area contributed by atoms with E-state index < -0.39 is 0 Å². The number of ether oxygens (including phenoxy) is 2. The second-order valence-electron chi connectivity index (χ2n) is 4.67. The average Bonchev–Trinajstić information content (AvgIpc) is 2.60. The highest BCUT2D eigenvalue weighted by Crippen LogP contribution is 2.22. The Kier molecular flexibility index (Phi) is 6.86. The van der Waals surface area contributed by atoms with Gasteiger partial charge >= 0.3 is 0 Å². The van der Waals surface area contributed by atoms with Crippen molar-refractivity contribution < 1.29 is 19.1 Å². The predicted molar refractivity (Wildman–Crippen MR) is 101 cm³/mol. The van der Waals surface area contributed by atoms with Crippen molar-refractivity contribution in [3.05, 3.63) is 51.6 Å². The monoisotopic (exact) mass is 440 g/mol. The highest BCUT2D eigenvalue weighted by Gasteiger charge is 2.04. The van der Waals surface area contributed by atoms with Crippen molar-refractivity contribution in [2.75, 3.05) is 26.1 Å². The third-order valence-electron chi connectivity index (χ3n) is 3.03. The summed E-state index contributed by atoms with van der Waals surface area (Å²) in [4.78, 5) is 16.8. The number of benzene rings is 2. The van der Waals surface area contributed by atoms with Crippen LogP contribution in [-0.4, -0.2) is 32.9 Å². The van der Waals surface area contributed by atoms with Crippen LogP contribution in [0.3, 0.4) is 0 Å². The molecule has 0 saturated carbocycles. The molecule has 0 atom stereocenters. The smallest absolute Gasteiger partial charge is 0.265 e. The lowest BCUT2D eigenvalue weighted by molar-refractivity contribution is -0.120. The van der Waals surface area contributed by atoms with Crippen LogP contribution in [0.5, 0.6) is 11.5 Å². The van der Waals surface area contributed by atoms with E-state index in [1.165, 1.54) is 6.21 Å². The first kappa shape index (κ1) is 18.1. The Morgan fingerprint density at radius 1 is 1.17 bits per heavy atom. The number of carbonyl (C=O) groups is 1. The third-order valence-corrected chi connectivity index (χ3v) is 3.75. The van der Waals surface area contributed by atoms with Gasteiger partial charge in [-0.15, -0.1) is 0 Å². The van der Waals surface area contributed by atoms with Crippen LogP contribution in [0.2, 0.25) is 0 Å². The summed E-state index contributed by atoms with van der Waals surface area (Å²) < 4.78 is 11.5. The van der Waals surface area contributed by atoms with E-state index in [9.17, 15) is 4.79 Å². The van der Waals surface area contributed by atoms with E-state index in [1.54, 1.807) is 32.4 Å². The van der Waals surface area contributed by atoms with E-state index in [-0.39, 0.29) is 12.5 Å². The first-order valence-corrected chi connectivity index (χ1v) is 8.13. The summed E-state index contributed by atoms with van der Waals surface area (Å²) in [6.45, 7) is -0.186. The van der Waals surface area contributed by atoms with Crippen molar-refractivity contribution in [1.29, 1.82) is 0 Å². The molecule has 0 aromatic heterocycles. The maximum atomic E-state index is 11.8. The Morgan fingerprint density at radius 3 is 2.58 bits per heavy atom. The van der Waals surface area contributed by atoms with Crippen molar-refractivity contribution in [3.63, 3.8) is 0 Å². The lowest BCUT2D eigenvalue weighted by atomic mass is 10.2. The Hall–Kier alpha value is -2.29. The van der Waals surface area contributed by atoms with Gasteiger partial charge in [0.25, 0.3) is 5.91 Å². The summed E-state index contributed by atoms with van der Waals surface area (Å²) in [6, 6.07) is 12.8. The second-order valence-corrected chi connectivity index (χ2v) is 5.92. The molecule has 2 rings (SSSR count). The SMILES string of the molecule is COc1ccc(OC)c(/C=N/OCC(=O)Nc2ccc(I)cc2)c1. The molecule has 6 nitrogen and oxygen atoms in total. The molecule has 0 saturated heterocycles. The van der Waals surface area contributed by atoms with Crippen LogP contribution >= 0.6 is 22.6 Å². The number of carbonyl (C=O) groups excluding carboxylic acids is 1. The van der Waals surface area contributed by atoms with Crippen molar-refractivity contribution in [2.45, 2.75) is 0 Å². The van der Waals surface area contributed by atoms with Gasteiger partial charge in [0.05, 0.1) is 20.4 Å². The highest BCUT2D eigenvalue weighted by atomic mass is 127. The van der Waals surface area contributed by atoms with Gasteiger partial charge in [0.1, 0.15) is 11.5 Å². The van der Waals surface area contributed by atoms with Crippen LogP contribution in [-0.2, 0) is 9.63 Å². The van der Waals surface area contributed by atoms with Crippen molar-refractivity contribution in [2.24, 2.45) is 5.16 Å². The molecule has 0 spiro atoms. The molecule has 0 fully saturated rings. The van der Waals surface area contributed by atoms with Crippen molar-refractivity contribution >= 4 is 40.4 Å². The zero-order valence-electron chi connectivity index (χ0n) is 13.3. The minimum Gasteiger partial charge on any atom is -0.497 e. The van der Waals surface area contributed by atoms with Gasteiger partial charge in [0, 0.05) is 14.8 Å². The number of nitrogens with one attached hydrogen (secondary N) is 1. The molecule has 0 radical (unpaired) electrons. The number of hydrogen-bond donors (Lipinski definition) is 1. The van der Waals surface area contributed by atoms with Crippen LogP contribution in [0.4, 0.5) is 5.69 Å². The molecule has 0 bridgehead atoms. The molecule has 24 heavy (non-hydrogen) atoms. The minimum atomic E-state index is -0.286. The van der Waals surface area contributed by atoms with Crippen molar-refractivity contribution in [3.8, 4) is 11.5 Å². The molecular formula is C17H17IN2O4. The van der Waals surface area contributed by atoms with Crippen LogP contribution in [0, 0.1) is 3.57 Å². The Balaban J connectivity index is 1.88. The summed E-state index contributed by atoms with van der Waals surface area (Å²) >= 11 is 2.20. The quantitative estimate of drug-likeness (QED) is 0.408. The fraction of sp³-hybridized carbons (Fsp3) is 0.176. The van der Waals surface area contributed by atoms with Crippen LogP contribution in [0.1, 0.15) is 5.56 Å². The summed E-state index contributed by atoms with van der Waals surface area (Å²) in [5, 5.41) is 6.52. The normalized spacial score (nSPS) is 10.5. The fourth-order valence-corrected chi connectivity index (χ4v) is 2.22.